The first kappa shape index (κ1) is 17.5. The molecule has 0 aliphatic heterocycles. The molecule has 0 radical (unpaired) electrons. The molecule has 1 heterocycles. The van der Waals surface area contributed by atoms with Crippen molar-refractivity contribution >= 4 is 12.0 Å². The van der Waals surface area contributed by atoms with Crippen LogP contribution in [0.25, 0.3) is 16.8 Å². The number of hydrogen-bond donors (Lipinski definition) is 2. The summed E-state index contributed by atoms with van der Waals surface area (Å²) in [5.41, 5.74) is 7.42. The Kier molecular flexibility index (Phi) is 4.77. The highest BCUT2D eigenvalue weighted by molar-refractivity contribution is 5.86. The normalized spacial score (nSPS) is 16.0. The van der Waals surface area contributed by atoms with Crippen LogP contribution in [-0.4, -0.2) is 37.1 Å². The molecular weight excluding hydrogens is 334 g/mol. The summed E-state index contributed by atoms with van der Waals surface area (Å²) < 4.78 is 1.93. The molecule has 0 saturated carbocycles. The molecule has 5 heteroatoms. The van der Waals surface area contributed by atoms with Crippen molar-refractivity contribution in [2.45, 2.75) is 18.9 Å². The molecule has 1 aromatic heterocycles. The van der Waals surface area contributed by atoms with Gasteiger partial charge < -0.3 is 10.6 Å². The molecule has 0 spiro atoms. The lowest BCUT2D eigenvalue weighted by atomic mass is 9.95. The van der Waals surface area contributed by atoms with Crippen LogP contribution in [-0.2, 0) is 6.42 Å². The minimum absolute atomic E-state index is 0.421. The van der Waals surface area contributed by atoms with Gasteiger partial charge in [-0.25, -0.2) is 4.68 Å². The van der Waals surface area contributed by atoms with Crippen LogP contribution in [0.5, 0.6) is 0 Å². The lowest BCUT2D eigenvalue weighted by Gasteiger charge is -2.16. The Hall–Kier alpha value is -2.92. The molecule has 5 nitrogen and oxygen atoms in total. The second-order valence-electron chi connectivity index (χ2n) is 6.81. The first-order chi connectivity index (χ1) is 13.3. The Balaban J connectivity index is 1.81. The van der Waals surface area contributed by atoms with Crippen LogP contribution >= 0.6 is 0 Å². The van der Waals surface area contributed by atoms with Gasteiger partial charge in [0.2, 0.25) is 0 Å². The first-order valence-corrected chi connectivity index (χ1v) is 9.34. The maximum atomic E-state index is 4.56. The maximum Gasteiger partial charge on any atom is 0.138 e. The number of aliphatic imine (C=N–C) groups is 1. The Morgan fingerprint density at radius 1 is 1.19 bits per heavy atom. The van der Waals surface area contributed by atoms with Crippen LogP contribution in [0.15, 0.2) is 53.7 Å². The number of fused-ring (bicyclic) bond motifs is 1. The molecule has 138 valence electrons. The molecule has 4 rings (SSSR count). The maximum absolute atomic E-state index is 4.56. The Morgan fingerprint density at radius 2 is 2.04 bits per heavy atom. The molecule has 27 heavy (non-hydrogen) atoms. The Bertz CT molecular complexity index is 986. The van der Waals surface area contributed by atoms with E-state index in [4.69, 9.17) is 0 Å². The summed E-state index contributed by atoms with van der Waals surface area (Å²) in [7, 11) is 5.73. The van der Waals surface area contributed by atoms with Crippen molar-refractivity contribution in [1.82, 2.24) is 15.1 Å². The van der Waals surface area contributed by atoms with Gasteiger partial charge in [-0.15, -0.1) is 0 Å². The number of aryl methyl sites for hydroxylation is 1. The van der Waals surface area contributed by atoms with Crippen molar-refractivity contribution in [3.05, 3.63) is 65.4 Å². The third kappa shape index (κ3) is 3.04. The highest BCUT2D eigenvalue weighted by Crippen LogP contribution is 2.39. The Labute approximate surface area is 160 Å². The smallest absolute Gasteiger partial charge is 0.138 e. The molecule has 0 saturated heterocycles. The lowest BCUT2D eigenvalue weighted by molar-refractivity contribution is 0.591. The average molecular weight is 359 g/mol. The monoisotopic (exact) mass is 359 g/mol. The van der Waals surface area contributed by atoms with Gasteiger partial charge in [-0.3, -0.25) is 4.99 Å². The van der Waals surface area contributed by atoms with Gasteiger partial charge in [0, 0.05) is 26.4 Å². The largest absolute Gasteiger partial charge is 0.372 e. The van der Waals surface area contributed by atoms with E-state index >= 15 is 0 Å². The van der Waals surface area contributed by atoms with Crippen molar-refractivity contribution in [2.24, 2.45) is 4.99 Å². The van der Waals surface area contributed by atoms with Gasteiger partial charge in [-0.1, -0.05) is 30.3 Å². The number of nitrogens with zero attached hydrogens (tertiary/aromatic N) is 3. The minimum Gasteiger partial charge on any atom is -0.372 e. The van der Waals surface area contributed by atoms with E-state index in [0.717, 1.165) is 29.9 Å². The highest BCUT2D eigenvalue weighted by atomic mass is 15.3. The number of nitrogens with one attached hydrogen (secondary N) is 2. The van der Waals surface area contributed by atoms with Gasteiger partial charge >= 0.3 is 0 Å². The molecule has 3 aromatic rings. The molecule has 1 unspecified atom stereocenters. The summed E-state index contributed by atoms with van der Waals surface area (Å²) in [6.07, 6.45) is 5.95. The van der Waals surface area contributed by atoms with E-state index in [1.165, 1.54) is 22.3 Å². The summed E-state index contributed by atoms with van der Waals surface area (Å²) in [5, 5.41) is 11.3. The van der Waals surface area contributed by atoms with Crippen LogP contribution in [0, 0.1) is 0 Å². The van der Waals surface area contributed by atoms with Gasteiger partial charge in [0.05, 0.1) is 17.4 Å². The standard InChI is InChI=1S/C22H25N5/c1-23-13-17-14-26-27(22(17)25-3)18-8-4-7-16(12-18)19-9-5-6-15-10-11-20(24-2)21(15)19/h4-9,12-14,20,24-25H,10-11H2,1-3H3/b23-13+. The molecule has 0 amide bonds. The fourth-order valence-electron chi connectivity index (χ4n) is 4.07. The number of benzene rings is 2. The third-order valence-corrected chi connectivity index (χ3v) is 5.30. The molecular formula is C22H25N5. The predicted octanol–water partition coefficient (Wildman–Crippen LogP) is 3.84. The molecule has 2 N–H and O–H groups in total. The number of anilines is 1. The number of aromatic nitrogens is 2. The SMILES string of the molecule is C/N=C/c1cnn(-c2cccc(-c3cccc4c3C(NC)CC4)c2)c1NC. The zero-order valence-electron chi connectivity index (χ0n) is 16.0. The van der Waals surface area contributed by atoms with E-state index in [1.54, 1.807) is 7.05 Å². The predicted molar refractivity (Wildman–Crippen MR) is 112 cm³/mol. The van der Waals surface area contributed by atoms with Crippen molar-refractivity contribution in [3.8, 4) is 16.8 Å². The van der Waals surface area contributed by atoms with Gasteiger partial charge in [0.15, 0.2) is 0 Å². The quantitative estimate of drug-likeness (QED) is 0.681. The summed E-state index contributed by atoms with van der Waals surface area (Å²) in [4.78, 5) is 4.12. The highest BCUT2D eigenvalue weighted by Gasteiger charge is 2.24. The fraction of sp³-hybridized carbons (Fsp3) is 0.273. The van der Waals surface area contributed by atoms with Crippen molar-refractivity contribution in [2.75, 3.05) is 26.5 Å². The van der Waals surface area contributed by atoms with Crippen molar-refractivity contribution in [1.29, 1.82) is 0 Å². The van der Waals surface area contributed by atoms with Crippen LogP contribution in [0.4, 0.5) is 5.82 Å². The van der Waals surface area contributed by atoms with Gasteiger partial charge in [-0.05, 0) is 54.3 Å². The molecule has 1 aliphatic carbocycles. The summed E-state index contributed by atoms with van der Waals surface area (Å²) >= 11 is 0. The zero-order valence-corrected chi connectivity index (χ0v) is 16.0. The van der Waals surface area contributed by atoms with Crippen molar-refractivity contribution in [3.63, 3.8) is 0 Å². The van der Waals surface area contributed by atoms with Crippen LogP contribution < -0.4 is 10.6 Å². The van der Waals surface area contributed by atoms with Gasteiger partial charge in [0.25, 0.3) is 0 Å². The first-order valence-electron chi connectivity index (χ1n) is 9.34. The number of rotatable bonds is 5. The van der Waals surface area contributed by atoms with E-state index < -0.39 is 0 Å². The molecule has 0 bridgehead atoms. The molecule has 1 atom stereocenters. The topological polar surface area (TPSA) is 54.2 Å². The fourth-order valence-corrected chi connectivity index (χ4v) is 4.07. The van der Waals surface area contributed by atoms with Crippen LogP contribution in [0.1, 0.15) is 29.2 Å². The number of hydrogen-bond acceptors (Lipinski definition) is 4. The second-order valence-corrected chi connectivity index (χ2v) is 6.81. The summed E-state index contributed by atoms with van der Waals surface area (Å²) in [5.74, 6) is 0.934. The lowest BCUT2D eigenvalue weighted by Crippen LogP contribution is -2.13. The Morgan fingerprint density at radius 3 is 2.81 bits per heavy atom. The molecule has 0 fully saturated rings. The zero-order chi connectivity index (χ0) is 18.8. The van der Waals surface area contributed by atoms with Crippen LogP contribution in [0.2, 0.25) is 0 Å². The van der Waals surface area contributed by atoms with E-state index in [-0.39, 0.29) is 0 Å². The molecule has 1 aliphatic rings. The van der Waals surface area contributed by atoms with Crippen LogP contribution in [0.3, 0.4) is 0 Å². The second kappa shape index (κ2) is 7.37. The summed E-state index contributed by atoms with van der Waals surface area (Å²) in [6, 6.07) is 15.6. The third-order valence-electron chi connectivity index (χ3n) is 5.30. The average Bonchev–Trinajstić information content (AvgIpc) is 3.31. The molecule has 2 aromatic carbocycles. The minimum atomic E-state index is 0.421. The summed E-state index contributed by atoms with van der Waals surface area (Å²) in [6.45, 7) is 0. The van der Waals surface area contributed by atoms with E-state index in [0.29, 0.717) is 6.04 Å². The van der Waals surface area contributed by atoms with Crippen molar-refractivity contribution < 1.29 is 0 Å². The van der Waals surface area contributed by atoms with E-state index in [2.05, 4.69) is 63.2 Å². The van der Waals surface area contributed by atoms with E-state index in [9.17, 15) is 0 Å². The van der Waals surface area contributed by atoms with Gasteiger partial charge in [-0.2, -0.15) is 5.10 Å². The van der Waals surface area contributed by atoms with Gasteiger partial charge in [0.1, 0.15) is 5.82 Å². The van der Waals surface area contributed by atoms with E-state index in [1.807, 2.05) is 31.2 Å².